The number of cyclic esters (lactones) is 1. The highest BCUT2D eigenvalue weighted by Crippen LogP contribution is 2.38. The number of nitrogens with zero attached hydrogens (tertiary/aromatic N) is 4. The van der Waals surface area contributed by atoms with Gasteiger partial charge >= 0.3 is 5.97 Å². The largest absolute Gasteiger partial charge is 0.459 e. The molecule has 0 spiro atoms. The molecule has 3 N–H and O–H groups in total. The molecule has 1 aromatic rings. The predicted octanol–water partition coefficient (Wildman–Crippen LogP) is 3.41. The summed E-state index contributed by atoms with van der Waals surface area (Å²) >= 11 is 0. The molecular weight excluding hydrogens is 644 g/mol. The van der Waals surface area contributed by atoms with E-state index in [1.165, 1.54) is 21.0 Å². The molecule has 2 aliphatic rings. The fourth-order valence-corrected chi connectivity index (χ4v) is 7.39. The number of carbonyl (C=O) groups is 2. The van der Waals surface area contributed by atoms with Gasteiger partial charge in [-0.1, -0.05) is 33.8 Å². The summed E-state index contributed by atoms with van der Waals surface area (Å²) in [6, 6.07) is 5.19. The summed E-state index contributed by atoms with van der Waals surface area (Å²) in [6.45, 7) is 15.4. The summed E-state index contributed by atoms with van der Waals surface area (Å²) in [5.41, 5.74) is -1.53. The number of rotatable bonds is 7. The summed E-state index contributed by atoms with van der Waals surface area (Å²) in [7, 11) is 5.26. The van der Waals surface area contributed by atoms with Crippen molar-refractivity contribution in [1.29, 1.82) is 0 Å². The second-order valence-corrected chi connectivity index (χ2v) is 14.9. The third-order valence-electron chi connectivity index (χ3n) is 10.7. The molecule has 0 saturated carbocycles. The number of ketones is 1. The molecule has 0 radical (unpaired) electrons. The van der Waals surface area contributed by atoms with E-state index in [1.54, 1.807) is 46.9 Å². The molecule has 0 bridgehead atoms. The van der Waals surface area contributed by atoms with Crippen molar-refractivity contribution in [3.8, 4) is 0 Å². The van der Waals surface area contributed by atoms with Gasteiger partial charge in [-0.15, -0.1) is 0 Å². The normalized spacial score (nSPS) is 40.8. The lowest BCUT2D eigenvalue weighted by Crippen LogP contribution is -2.60. The Morgan fingerprint density at radius 2 is 1.76 bits per heavy atom. The quantitative estimate of drug-likeness (QED) is 0.164. The van der Waals surface area contributed by atoms with Crippen LogP contribution in [0.25, 0.3) is 0 Å². The number of pyridine rings is 1. The Labute approximate surface area is 297 Å². The van der Waals surface area contributed by atoms with Crippen molar-refractivity contribution >= 4 is 23.2 Å². The number of hydrogen-bond acceptors (Lipinski definition) is 13. The second kappa shape index (κ2) is 17.2. The van der Waals surface area contributed by atoms with Gasteiger partial charge in [-0.05, 0) is 86.0 Å². The molecule has 2 aliphatic heterocycles. The van der Waals surface area contributed by atoms with Crippen molar-refractivity contribution < 1.29 is 43.9 Å². The number of carbonyl (C=O) groups excluding carboxylic acids is 2. The lowest BCUT2D eigenvalue weighted by Gasteiger charge is -2.47. The summed E-state index contributed by atoms with van der Waals surface area (Å²) in [6.07, 6.45) is -3.36. The van der Waals surface area contributed by atoms with E-state index < -0.39 is 77.3 Å². The van der Waals surface area contributed by atoms with E-state index in [0.29, 0.717) is 23.5 Å². The van der Waals surface area contributed by atoms with Crippen molar-refractivity contribution in [3.05, 3.63) is 30.1 Å². The molecule has 0 aliphatic carbocycles. The average molecular weight is 705 g/mol. The van der Waals surface area contributed by atoms with Gasteiger partial charge in [-0.3, -0.25) is 14.6 Å². The summed E-state index contributed by atoms with van der Waals surface area (Å²) in [5, 5.41) is 44.1. The van der Waals surface area contributed by atoms with E-state index in [-0.39, 0.29) is 25.0 Å². The topological polar surface area (TPSA) is 173 Å². The number of aliphatic hydroxyl groups is 3. The van der Waals surface area contributed by atoms with Crippen LogP contribution in [-0.2, 0) is 28.5 Å². The molecule has 3 rings (SSSR count). The molecule has 50 heavy (non-hydrogen) atoms. The molecule has 1 aromatic heterocycles. The third kappa shape index (κ3) is 9.22. The van der Waals surface area contributed by atoms with E-state index in [1.807, 2.05) is 45.0 Å². The number of hydrogen-bond donors (Lipinski definition) is 3. The Morgan fingerprint density at radius 1 is 1.10 bits per heavy atom. The highest BCUT2D eigenvalue weighted by molar-refractivity contribution is 6.00. The molecule has 2 fully saturated rings. The Morgan fingerprint density at radius 3 is 2.32 bits per heavy atom. The molecule has 2 saturated heterocycles. The van der Waals surface area contributed by atoms with Crippen LogP contribution in [0.15, 0.2) is 34.6 Å². The van der Waals surface area contributed by atoms with Crippen molar-refractivity contribution in [3.63, 3.8) is 0 Å². The monoisotopic (exact) mass is 704 g/mol. The van der Waals surface area contributed by atoms with Gasteiger partial charge in [-0.2, -0.15) is 10.2 Å². The SMILES string of the molecule is CC[C@H]1OC(=O)[C@H](C)C(=O)[C@H](C)[C@@H](OC2OC(C)CC(N(C)C)C2O)[C@](C)(OC)C[C@@H](C)/C(=N\N=C(/C)c2ccccn2)[C@H](C)[C@@H](O)[C@]1(C)O. The van der Waals surface area contributed by atoms with Crippen molar-refractivity contribution in [1.82, 2.24) is 9.88 Å². The Balaban J connectivity index is 2.21. The number of Topliss-reactive ketones (excluding diaryl/α,β-unsaturated/α-hetero) is 1. The molecule has 13 atom stereocenters. The molecular formula is C37H60N4O9. The highest BCUT2D eigenvalue weighted by atomic mass is 16.7. The minimum atomic E-state index is -1.91. The van der Waals surface area contributed by atoms with Crippen LogP contribution in [0.4, 0.5) is 0 Å². The molecule has 13 heteroatoms. The number of esters is 1. The first-order valence-corrected chi connectivity index (χ1v) is 17.7. The van der Waals surface area contributed by atoms with Gasteiger partial charge in [0.05, 0.1) is 35.3 Å². The number of aliphatic hydroxyl groups excluding tert-OH is 2. The fourth-order valence-electron chi connectivity index (χ4n) is 7.39. The zero-order valence-corrected chi connectivity index (χ0v) is 31.9. The van der Waals surface area contributed by atoms with Crippen LogP contribution >= 0.6 is 0 Å². The summed E-state index contributed by atoms with van der Waals surface area (Å²) < 4.78 is 24.7. The Bertz CT molecular complexity index is 1360. The van der Waals surface area contributed by atoms with E-state index in [0.717, 1.165) is 0 Å². The third-order valence-corrected chi connectivity index (χ3v) is 10.7. The second-order valence-electron chi connectivity index (χ2n) is 14.9. The molecule has 0 amide bonds. The number of aromatic nitrogens is 1. The van der Waals surface area contributed by atoms with Crippen molar-refractivity contribution in [2.24, 2.45) is 33.9 Å². The van der Waals surface area contributed by atoms with Gasteiger partial charge in [0, 0.05) is 36.9 Å². The maximum absolute atomic E-state index is 14.1. The lowest BCUT2D eigenvalue weighted by atomic mass is 9.74. The fraction of sp³-hybridized carbons (Fsp3) is 0.757. The summed E-state index contributed by atoms with van der Waals surface area (Å²) in [5.74, 6) is -4.71. The minimum absolute atomic E-state index is 0.174. The van der Waals surface area contributed by atoms with Gasteiger partial charge in [0.15, 0.2) is 12.1 Å². The Kier molecular flexibility index (Phi) is 14.4. The maximum Gasteiger partial charge on any atom is 0.316 e. The molecule has 3 heterocycles. The standard InChI is InChI=1S/C37H60N4O9/c1-13-28-37(9,46)32(44)22(4)29(40-39-25(7)26-16-14-15-17-38-26)20(2)19-36(8,47-12)33(23(5)30(42)24(6)34(45)49-28)50-35-31(43)27(41(10)11)18-21(3)48-35/h14-17,20-24,27-28,31-33,35,43-44,46H,13,18-19H2,1-12H3/b39-25+,40-29+/t20-,21?,22+,23+,24-,27?,28-,31?,32-,33-,35?,36-,37-/m1/s1. The lowest BCUT2D eigenvalue weighted by molar-refractivity contribution is -0.295. The first-order chi connectivity index (χ1) is 23.3. The van der Waals surface area contributed by atoms with E-state index >= 15 is 0 Å². The van der Waals surface area contributed by atoms with Crippen LogP contribution in [-0.4, -0.2) is 124 Å². The first kappa shape index (κ1) is 41.8. The van der Waals surface area contributed by atoms with Gasteiger partial charge in [0.25, 0.3) is 0 Å². The smallest absolute Gasteiger partial charge is 0.316 e. The van der Waals surface area contributed by atoms with Gasteiger partial charge < -0.3 is 39.2 Å². The summed E-state index contributed by atoms with van der Waals surface area (Å²) in [4.78, 5) is 33.9. The van der Waals surface area contributed by atoms with Crippen LogP contribution in [0.3, 0.4) is 0 Å². The molecule has 4 unspecified atom stereocenters. The van der Waals surface area contributed by atoms with Gasteiger partial charge in [0.2, 0.25) is 0 Å². The molecule has 0 aromatic carbocycles. The van der Waals surface area contributed by atoms with Crippen molar-refractivity contribution in [2.45, 2.75) is 136 Å². The number of methoxy groups -OCH3 is 1. The van der Waals surface area contributed by atoms with Crippen LogP contribution in [0.1, 0.15) is 87.3 Å². The minimum Gasteiger partial charge on any atom is -0.459 e. The van der Waals surface area contributed by atoms with Gasteiger partial charge in [-0.25, -0.2) is 0 Å². The first-order valence-electron chi connectivity index (χ1n) is 17.7. The van der Waals surface area contributed by atoms with Crippen LogP contribution in [0.2, 0.25) is 0 Å². The molecule has 282 valence electrons. The van der Waals surface area contributed by atoms with Gasteiger partial charge in [0.1, 0.15) is 23.7 Å². The zero-order chi connectivity index (χ0) is 37.7. The van der Waals surface area contributed by atoms with Crippen molar-refractivity contribution in [2.75, 3.05) is 21.2 Å². The highest BCUT2D eigenvalue weighted by Gasteiger charge is 2.51. The average Bonchev–Trinajstić information content (AvgIpc) is 3.08. The van der Waals surface area contributed by atoms with Crippen LogP contribution in [0, 0.1) is 23.7 Å². The molecule has 13 nitrogen and oxygen atoms in total. The predicted molar refractivity (Wildman–Crippen MR) is 190 cm³/mol. The van der Waals surface area contributed by atoms with Crippen LogP contribution in [0.5, 0.6) is 0 Å². The zero-order valence-electron chi connectivity index (χ0n) is 31.9. The van der Waals surface area contributed by atoms with E-state index in [4.69, 9.17) is 18.9 Å². The number of ether oxygens (including phenoxy) is 4. The maximum atomic E-state index is 14.1. The van der Waals surface area contributed by atoms with E-state index in [9.17, 15) is 24.9 Å². The van der Waals surface area contributed by atoms with E-state index in [2.05, 4.69) is 15.2 Å². The van der Waals surface area contributed by atoms with Crippen LogP contribution < -0.4 is 0 Å². The number of likely N-dealkylation sites (N-methyl/N-ethyl adjacent to an activating group) is 1. The Hall–Kier alpha value is -2.65.